The number of benzene rings is 1. The number of hydrogen-bond donors (Lipinski definition) is 0. The maximum atomic E-state index is 4.44. The molecule has 1 aromatic carbocycles. The fourth-order valence-electron chi connectivity index (χ4n) is 2.11. The lowest BCUT2D eigenvalue weighted by molar-refractivity contribution is 0.895. The fourth-order valence-corrected chi connectivity index (χ4v) is 2.11. The van der Waals surface area contributed by atoms with Gasteiger partial charge >= 0.3 is 0 Å². The summed E-state index contributed by atoms with van der Waals surface area (Å²) >= 11 is 0. The van der Waals surface area contributed by atoms with Crippen LogP contribution in [-0.2, 0) is 6.42 Å². The lowest BCUT2D eigenvalue weighted by atomic mass is 10.2. The highest BCUT2D eigenvalue weighted by molar-refractivity contribution is 5.80. The normalized spacial score (nSPS) is 11.0. The van der Waals surface area contributed by atoms with Gasteiger partial charge in [-0.1, -0.05) is 18.6 Å². The van der Waals surface area contributed by atoms with Crippen molar-refractivity contribution in [2.75, 3.05) is 0 Å². The molecule has 0 saturated carbocycles. The zero-order valence-corrected chi connectivity index (χ0v) is 10.6. The Hall–Kier alpha value is -2.16. The van der Waals surface area contributed by atoms with E-state index in [1.54, 1.807) is 0 Å². The highest BCUT2D eigenvalue weighted by atomic mass is 15.3. The fraction of sp³-hybridized carbons (Fsp3) is 0.200. The zero-order chi connectivity index (χ0) is 12.5. The van der Waals surface area contributed by atoms with Crippen LogP contribution in [0.25, 0.3) is 16.6 Å². The molecule has 0 aliphatic carbocycles. The van der Waals surface area contributed by atoms with Gasteiger partial charge in [-0.3, -0.25) is 4.98 Å². The Morgan fingerprint density at radius 3 is 2.72 bits per heavy atom. The van der Waals surface area contributed by atoms with Gasteiger partial charge in [-0.25, -0.2) is 4.68 Å². The van der Waals surface area contributed by atoms with Gasteiger partial charge in [0, 0.05) is 11.1 Å². The molecule has 0 unspecified atom stereocenters. The van der Waals surface area contributed by atoms with E-state index < -0.39 is 0 Å². The van der Waals surface area contributed by atoms with Crippen LogP contribution in [0.5, 0.6) is 0 Å². The number of rotatable bonds is 2. The summed E-state index contributed by atoms with van der Waals surface area (Å²) in [6, 6.07) is 10.5. The summed E-state index contributed by atoms with van der Waals surface area (Å²) < 4.78 is 1.93. The van der Waals surface area contributed by atoms with Crippen molar-refractivity contribution in [2.45, 2.75) is 20.3 Å². The molecule has 0 bridgehead atoms. The van der Waals surface area contributed by atoms with Gasteiger partial charge in [0.15, 0.2) is 0 Å². The van der Waals surface area contributed by atoms with Gasteiger partial charge < -0.3 is 0 Å². The maximum absolute atomic E-state index is 4.44. The van der Waals surface area contributed by atoms with Crippen LogP contribution >= 0.6 is 0 Å². The van der Waals surface area contributed by atoms with Crippen molar-refractivity contribution in [1.29, 1.82) is 0 Å². The minimum absolute atomic E-state index is 0.958. The van der Waals surface area contributed by atoms with Crippen LogP contribution in [0.3, 0.4) is 0 Å². The smallest absolute Gasteiger partial charge is 0.0836 e. The molecule has 0 aliphatic rings. The van der Waals surface area contributed by atoms with Crippen molar-refractivity contribution in [2.24, 2.45) is 0 Å². The molecule has 0 atom stereocenters. The molecular formula is C15H15N3. The Labute approximate surface area is 106 Å². The second kappa shape index (κ2) is 4.26. The molecule has 0 amide bonds. The van der Waals surface area contributed by atoms with E-state index in [1.165, 1.54) is 5.56 Å². The predicted octanol–water partition coefficient (Wildman–Crippen LogP) is 3.29. The maximum Gasteiger partial charge on any atom is 0.0836 e. The van der Waals surface area contributed by atoms with E-state index in [9.17, 15) is 0 Å². The number of aromatic nitrogens is 3. The Morgan fingerprint density at radius 2 is 2.00 bits per heavy atom. The van der Waals surface area contributed by atoms with Crippen molar-refractivity contribution in [3.63, 3.8) is 0 Å². The van der Waals surface area contributed by atoms with E-state index in [-0.39, 0.29) is 0 Å². The van der Waals surface area contributed by atoms with Gasteiger partial charge in [-0.15, -0.1) is 0 Å². The first-order chi connectivity index (χ1) is 8.78. The molecular weight excluding hydrogens is 222 g/mol. The Balaban J connectivity index is 2.13. The SMILES string of the molecule is CCc1ccc(-n2ncc3cc(C)ccc32)cn1. The first-order valence-corrected chi connectivity index (χ1v) is 6.17. The van der Waals surface area contributed by atoms with Crippen molar-refractivity contribution in [3.8, 4) is 5.69 Å². The molecule has 0 saturated heterocycles. The Morgan fingerprint density at radius 1 is 1.11 bits per heavy atom. The van der Waals surface area contributed by atoms with Crippen LogP contribution in [0.2, 0.25) is 0 Å². The van der Waals surface area contributed by atoms with Crippen LogP contribution in [0.1, 0.15) is 18.2 Å². The van der Waals surface area contributed by atoms with Crippen molar-refractivity contribution in [1.82, 2.24) is 14.8 Å². The first kappa shape index (κ1) is 11.0. The van der Waals surface area contributed by atoms with Crippen LogP contribution < -0.4 is 0 Å². The van der Waals surface area contributed by atoms with Crippen LogP contribution in [0, 0.1) is 6.92 Å². The van der Waals surface area contributed by atoms with Crippen molar-refractivity contribution >= 4 is 10.9 Å². The summed E-state index contributed by atoms with van der Waals surface area (Å²) in [4.78, 5) is 4.42. The van der Waals surface area contributed by atoms with E-state index in [0.717, 1.165) is 28.7 Å². The van der Waals surface area contributed by atoms with E-state index in [0.29, 0.717) is 0 Å². The predicted molar refractivity (Wildman–Crippen MR) is 73.0 cm³/mol. The molecule has 3 aromatic rings. The highest BCUT2D eigenvalue weighted by Gasteiger charge is 2.05. The molecule has 2 aromatic heterocycles. The number of aryl methyl sites for hydroxylation is 2. The first-order valence-electron chi connectivity index (χ1n) is 6.17. The molecule has 18 heavy (non-hydrogen) atoms. The van der Waals surface area contributed by atoms with Crippen molar-refractivity contribution in [3.05, 3.63) is 54.0 Å². The highest BCUT2D eigenvalue weighted by Crippen LogP contribution is 2.19. The third-order valence-electron chi connectivity index (χ3n) is 3.14. The number of fused-ring (bicyclic) bond motifs is 1. The van der Waals surface area contributed by atoms with E-state index >= 15 is 0 Å². The second-order valence-electron chi connectivity index (χ2n) is 4.48. The summed E-state index contributed by atoms with van der Waals surface area (Å²) in [6.07, 6.45) is 4.74. The molecule has 2 heterocycles. The quantitative estimate of drug-likeness (QED) is 0.684. The van der Waals surface area contributed by atoms with Crippen LogP contribution in [-0.4, -0.2) is 14.8 Å². The van der Waals surface area contributed by atoms with E-state index in [2.05, 4.69) is 54.3 Å². The van der Waals surface area contributed by atoms with E-state index in [4.69, 9.17) is 0 Å². The monoisotopic (exact) mass is 237 g/mol. The molecule has 0 fully saturated rings. The summed E-state index contributed by atoms with van der Waals surface area (Å²) in [5.41, 5.74) is 4.48. The summed E-state index contributed by atoms with van der Waals surface area (Å²) in [6.45, 7) is 4.20. The third kappa shape index (κ3) is 1.78. The minimum Gasteiger partial charge on any atom is -0.259 e. The second-order valence-corrected chi connectivity index (χ2v) is 4.48. The van der Waals surface area contributed by atoms with Gasteiger partial charge in [0.1, 0.15) is 0 Å². The number of pyridine rings is 1. The Kier molecular flexibility index (Phi) is 2.59. The van der Waals surface area contributed by atoms with Crippen molar-refractivity contribution < 1.29 is 0 Å². The summed E-state index contributed by atoms with van der Waals surface area (Å²) in [5.74, 6) is 0. The largest absolute Gasteiger partial charge is 0.259 e. The standard InChI is InChI=1S/C15H15N3/c1-3-13-5-6-14(10-16-13)18-15-7-4-11(2)8-12(15)9-17-18/h4-10H,3H2,1-2H3. The molecule has 3 nitrogen and oxygen atoms in total. The summed E-state index contributed by atoms with van der Waals surface area (Å²) in [5, 5.41) is 5.60. The minimum atomic E-state index is 0.958. The van der Waals surface area contributed by atoms with Crippen LogP contribution in [0.15, 0.2) is 42.7 Å². The Bertz CT molecular complexity index is 681. The average molecular weight is 237 g/mol. The van der Waals surface area contributed by atoms with Gasteiger partial charge in [-0.2, -0.15) is 5.10 Å². The lowest BCUT2D eigenvalue weighted by Crippen LogP contribution is -1.97. The van der Waals surface area contributed by atoms with Crippen LogP contribution in [0.4, 0.5) is 0 Å². The zero-order valence-electron chi connectivity index (χ0n) is 10.6. The number of hydrogen-bond acceptors (Lipinski definition) is 2. The van der Waals surface area contributed by atoms with Gasteiger partial charge in [0.2, 0.25) is 0 Å². The molecule has 0 aliphatic heterocycles. The lowest BCUT2D eigenvalue weighted by Gasteiger charge is -2.04. The van der Waals surface area contributed by atoms with E-state index in [1.807, 2.05) is 17.1 Å². The van der Waals surface area contributed by atoms with Gasteiger partial charge in [-0.05, 0) is 37.6 Å². The average Bonchev–Trinajstić information content (AvgIpc) is 2.81. The molecule has 3 heteroatoms. The molecule has 0 radical (unpaired) electrons. The van der Waals surface area contributed by atoms with Gasteiger partial charge in [0.05, 0.1) is 23.6 Å². The number of nitrogens with zero attached hydrogens (tertiary/aromatic N) is 3. The third-order valence-corrected chi connectivity index (χ3v) is 3.14. The molecule has 0 spiro atoms. The molecule has 90 valence electrons. The topological polar surface area (TPSA) is 30.7 Å². The molecule has 0 N–H and O–H groups in total. The molecule has 3 rings (SSSR count). The summed E-state index contributed by atoms with van der Waals surface area (Å²) in [7, 11) is 0. The van der Waals surface area contributed by atoms with Gasteiger partial charge in [0.25, 0.3) is 0 Å².